The van der Waals surface area contributed by atoms with Gasteiger partial charge in [0, 0.05) is 50.5 Å². The van der Waals surface area contributed by atoms with E-state index in [4.69, 9.17) is 10.5 Å². The summed E-state index contributed by atoms with van der Waals surface area (Å²) in [4.78, 5) is 28.8. The number of rotatable bonds is 6. The summed E-state index contributed by atoms with van der Waals surface area (Å²) >= 11 is 0. The van der Waals surface area contributed by atoms with Crippen LogP contribution in [0.25, 0.3) is 0 Å². The molecule has 7 nitrogen and oxygen atoms in total. The van der Waals surface area contributed by atoms with Gasteiger partial charge in [-0.05, 0) is 36.4 Å². The Labute approximate surface area is 165 Å². The molecule has 1 heterocycles. The van der Waals surface area contributed by atoms with Crippen molar-refractivity contribution in [2.24, 2.45) is 0 Å². The summed E-state index contributed by atoms with van der Waals surface area (Å²) in [6.45, 7) is 4.16. The smallest absolute Gasteiger partial charge is 0.256 e. The molecule has 0 aromatic heterocycles. The van der Waals surface area contributed by atoms with Crippen molar-refractivity contribution < 1.29 is 14.3 Å². The molecule has 148 valence electrons. The topological polar surface area (TPSA) is 87.9 Å². The maximum absolute atomic E-state index is 12.6. The van der Waals surface area contributed by atoms with Gasteiger partial charge in [-0.15, -0.1) is 0 Å². The first-order valence-corrected chi connectivity index (χ1v) is 9.37. The fraction of sp³-hybridized carbons (Fsp3) is 0.333. The first kappa shape index (κ1) is 19.7. The Morgan fingerprint density at radius 2 is 1.71 bits per heavy atom. The van der Waals surface area contributed by atoms with Crippen molar-refractivity contribution in [2.75, 3.05) is 52.1 Å². The summed E-state index contributed by atoms with van der Waals surface area (Å²) in [6, 6.07) is 14.2. The third-order valence-electron chi connectivity index (χ3n) is 4.92. The van der Waals surface area contributed by atoms with Crippen LogP contribution in [0.4, 0.5) is 5.69 Å². The van der Waals surface area contributed by atoms with Gasteiger partial charge < -0.3 is 20.7 Å². The molecule has 2 aromatic rings. The largest absolute Gasteiger partial charge is 0.497 e. The molecule has 2 aromatic carbocycles. The molecule has 3 rings (SSSR count). The summed E-state index contributed by atoms with van der Waals surface area (Å²) in [5.41, 5.74) is 7.58. The highest BCUT2D eigenvalue weighted by atomic mass is 16.5. The van der Waals surface area contributed by atoms with E-state index in [0.29, 0.717) is 36.4 Å². The highest BCUT2D eigenvalue weighted by Crippen LogP contribution is 2.15. The van der Waals surface area contributed by atoms with E-state index in [1.54, 1.807) is 43.5 Å². The lowest BCUT2D eigenvalue weighted by Gasteiger charge is -2.35. The van der Waals surface area contributed by atoms with Crippen LogP contribution in [0.2, 0.25) is 0 Å². The Balaban J connectivity index is 1.41. The highest BCUT2D eigenvalue weighted by molar-refractivity contribution is 5.99. The third-order valence-corrected chi connectivity index (χ3v) is 4.92. The lowest BCUT2D eigenvalue weighted by molar-refractivity contribution is 0.0639. The summed E-state index contributed by atoms with van der Waals surface area (Å²) in [5.74, 6) is 0.600. The average Bonchev–Trinajstić information content (AvgIpc) is 2.74. The number of benzene rings is 2. The zero-order chi connectivity index (χ0) is 19.9. The van der Waals surface area contributed by atoms with Gasteiger partial charge in [0.1, 0.15) is 5.75 Å². The summed E-state index contributed by atoms with van der Waals surface area (Å²) in [5, 5.41) is 2.93. The number of methoxy groups -OCH3 is 1. The number of carbonyl (C=O) groups is 2. The van der Waals surface area contributed by atoms with Gasteiger partial charge in [-0.2, -0.15) is 0 Å². The lowest BCUT2D eigenvalue weighted by atomic mass is 10.1. The van der Waals surface area contributed by atoms with Crippen LogP contribution in [-0.4, -0.2) is 68.0 Å². The van der Waals surface area contributed by atoms with E-state index in [2.05, 4.69) is 10.2 Å². The molecule has 7 heteroatoms. The first-order chi connectivity index (χ1) is 13.6. The molecule has 28 heavy (non-hydrogen) atoms. The van der Waals surface area contributed by atoms with E-state index in [-0.39, 0.29) is 11.8 Å². The molecule has 1 aliphatic heterocycles. The zero-order valence-electron chi connectivity index (χ0n) is 16.1. The molecule has 0 unspecified atom stereocenters. The number of piperazine rings is 1. The third kappa shape index (κ3) is 4.80. The fourth-order valence-corrected chi connectivity index (χ4v) is 3.21. The molecule has 1 fully saturated rings. The molecular formula is C21H26N4O3. The molecule has 0 spiro atoms. The van der Waals surface area contributed by atoms with E-state index in [9.17, 15) is 9.59 Å². The van der Waals surface area contributed by atoms with Gasteiger partial charge in [0.2, 0.25) is 0 Å². The zero-order valence-corrected chi connectivity index (χ0v) is 16.1. The number of hydrogen-bond donors (Lipinski definition) is 2. The van der Waals surface area contributed by atoms with Gasteiger partial charge in [-0.25, -0.2) is 0 Å². The number of nitrogen functional groups attached to an aromatic ring is 1. The quantitative estimate of drug-likeness (QED) is 0.739. The second-order valence-electron chi connectivity index (χ2n) is 6.71. The predicted molar refractivity (Wildman–Crippen MR) is 109 cm³/mol. The molecule has 0 saturated carbocycles. The van der Waals surface area contributed by atoms with Crippen LogP contribution in [0, 0.1) is 0 Å². The van der Waals surface area contributed by atoms with E-state index in [1.807, 2.05) is 17.0 Å². The minimum Gasteiger partial charge on any atom is -0.497 e. The Morgan fingerprint density at radius 1 is 1.04 bits per heavy atom. The van der Waals surface area contributed by atoms with E-state index < -0.39 is 0 Å². The van der Waals surface area contributed by atoms with Gasteiger partial charge in [0.25, 0.3) is 11.8 Å². The summed E-state index contributed by atoms with van der Waals surface area (Å²) in [6.07, 6.45) is 0. The van der Waals surface area contributed by atoms with Gasteiger partial charge in [-0.3, -0.25) is 14.5 Å². The molecule has 2 amide bonds. The summed E-state index contributed by atoms with van der Waals surface area (Å²) in [7, 11) is 1.59. The monoisotopic (exact) mass is 382 g/mol. The SMILES string of the molecule is COc1ccc(C(=O)NCCN2CCN(C(=O)c3ccccc3N)CC2)cc1. The average molecular weight is 382 g/mol. The number of anilines is 1. The number of para-hydroxylation sites is 1. The number of ether oxygens (including phenoxy) is 1. The Kier molecular flexibility index (Phi) is 6.49. The number of amides is 2. The number of nitrogens with zero attached hydrogens (tertiary/aromatic N) is 2. The minimum atomic E-state index is -0.101. The van der Waals surface area contributed by atoms with Crippen molar-refractivity contribution in [1.29, 1.82) is 0 Å². The van der Waals surface area contributed by atoms with Gasteiger partial charge >= 0.3 is 0 Å². The molecule has 0 bridgehead atoms. The van der Waals surface area contributed by atoms with Crippen molar-refractivity contribution in [3.05, 3.63) is 59.7 Å². The highest BCUT2D eigenvalue weighted by Gasteiger charge is 2.23. The lowest BCUT2D eigenvalue weighted by Crippen LogP contribution is -2.50. The van der Waals surface area contributed by atoms with Crippen LogP contribution in [0.15, 0.2) is 48.5 Å². The van der Waals surface area contributed by atoms with Crippen LogP contribution < -0.4 is 15.8 Å². The van der Waals surface area contributed by atoms with E-state index in [0.717, 1.165) is 25.4 Å². The van der Waals surface area contributed by atoms with E-state index in [1.165, 1.54) is 0 Å². The Bertz CT molecular complexity index is 815. The normalized spacial score (nSPS) is 14.5. The molecule has 0 radical (unpaired) electrons. The summed E-state index contributed by atoms with van der Waals surface area (Å²) < 4.78 is 5.10. The maximum Gasteiger partial charge on any atom is 0.256 e. The second-order valence-corrected chi connectivity index (χ2v) is 6.71. The van der Waals surface area contributed by atoms with Gasteiger partial charge in [0.05, 0.1) is 12.7 Å². The van der Waals surface area contributed by atoms with Gasteiger partial charge in [0.15, 0.2) is 0 Å². The van der Waals surface area contributed by atoms with Crippen LogP contribution >= 0.6 is 0 Å². The fourth-order valence-electron chi connectivity index (χ4n) is 3.21. The number of carbonyl (C=O) groups excluding carboxylic acids is 2. The van der Waals surface area contributed by atoms with E-state index >= 15 is 0 Å². The second kappa shape index (κ2) is 9.23. The minimum absolute atomic E-state index is 0.0226. The molecule has 0 atom stereocenters. The predicted octanol–water partition coefficient (Wildman–Crippen LogP) is 1.47. The molecule has 1 aliphatic rings. The van der Waals surface area contributed by atoms with Crippen molar-refractivity contribution in [1.82, 2.24) is 15.1 Å². The van der Waals surface area contributed by atoms with Crippen molar-refractivity contribution in [3.63, 3.8) is 0 Å². The number of nitrogens with two attached hydrogens (primary N) is 1. The standard InChI is InChI=1S/C21H26N4O3/c1-28-17-8-6-16(7-9-17)20(26)23-10-11-24-12-14-25(15-13-24)21(27)18-4-2-3-5-19(18)22/h2-9H,10-15,22H2,1H3,(H,23,26). The van der Waals surface area contributed by atoms with Gasteiger partial charge in [-0.1, -0.05) is 12.1 Å². The Hall–Kier alpha value is -3.06. The number of nitrogens with one attached hydrogen (secondary N) is 1. The molecular weight excluding hydrogens is 356 g/mol. The van der Waals surface area contributed by atoms with Crippen molar-refractivity contribution in [2.45, 2.75) is 0 Å². The molecule has 0 aliphatic carbocycles. The van der Waals surface area contributed by atoms with Crippen LogP contribution in [0.5, 0.6) is 5.75 Å². The van der Waals surface area contributed by atoms with Crippen LogP contribution in [0.1, 0.15) is 20.7 Å². The van der Waals surface area contributed by atoms with Crippen molar-refractivity contribution in [3.8, 4) is 5.75 Å². The van der Waals surface area contributed by atoms with Crippen LogP contribution in [0.3, 0.4) is 0 Å². The van der Waals surface area contributed by atoms with Crippen LogP contribution in [-0.2, 0) is 0 Å². The number of hydrogen-bond acceptors (Lipinski definition) is 5. The van der Waals surface area contributed by atoms with Crippen molar-refractivity contribution >= 4 is 17.5 Å². The maximum atomic E-state index is 12.6. The first-order valence-electron chi connectivity index (χ1n) is 9.37. The Morgan fingerprint density at radius 3 is 2.36 bits per heavy atom. The molecule has 3 N–H and O–H groups in total. The molecule has 1 saturated heterocycles.